The molecule has 24 heavy (non-hydrogen) atoms. The highest BCUT2D eigenvalue weighted by atomic mass is 19.1. The van der Waals surface area contributed by atoms with E-state index in [0.29, 0.717) is 19.4 Å². The molecular formula is C17H22FN3O3. The number of carbonyl (C=O) groups excluding carboxylic acids is 3. The van der Waals surface area contributed by atoms with E-state index in [2.05, 4.69) is 10.9 Å². The number of halogens is 1. The van der Waals surface area contributed by atoms with Gasteiger partial charge in [0, 0.05) is 18.5 Å². The summed E-state index contributed by atoms with van der Waals surface area (Å²) in [5, 5.41) is 0. The van der Waals surface area contributed by atoms with Crippen molar-refractivity contribution in [3.63, 3.8) is 0 Å². The molecule has 1 aliphatic heterocycles. The Labute approximate surface area is 140 Å². The molecule has 1 fully saturated rings. The van der Waals surface area contributed by atoms with Gasteiger partial charge in [0.05, 0.1) is 0 Å². The van der Waals surface area contributed by atoms with Gasteiger partial charge in [0.2, 0.25) is 5.91 Å². The number of hydrogen-bond donors (Lipinski definition) is 2. The van der Waals surface area contributed by atoms with E-state index in [1.165, 1.54) is 24.3 Å². The molecule has 0 aliphatic carbocycles. The van der Waals surface area contributed by atoms with Crippen molar-refractivity contribution in [2.45, 2.75) is 45.1 Å². The molecule has 1 aliphatic rings. The molecule has 3 amide bonds. The quantitative estimate of drug-likeness (QED) is 0.823. The molecule has 0 spiro atoms. The summed E-state index contributed by atoms with van der Waals surface area (Å²) in [5.74, 6) is -1.43. The van der Waals surface area contributed by atoms with Crippen molar-refractivity contribution in [2.24, 2.45) is 0 Å². The Morgan fingerprint density at radius 3 is 2.54 bits per heavy atom. The summed E-state index contributed by atoms with van der Waals surface area (Å²) in [7, 11) is 0. The second-order valence-electron chi connectivity index (χ2n) is 5.80. The summed E-state index contributed by atoms with van der Waals surface area (Å²) in [6.07, 6.45) is 3.45. The van der Waals surface area contributed by atoms with Crippen molar-refractivity contribution < 1.29 is 18.8 Å². The molecule has 0 radical (unpaired) electrons. The Kier molecular flexibility index (Phi) is 6.28. The third-order valence-corrected chi connectivity index (χ3v) is 4.00. The molecule has 0 aromatic heterocycles. The van der Waals surface area contributed by atoms with Crippen LogP contribution in [0.15, 0.2) is 24.3 Å². The van der Waals surface area contributed by atoms with E-state index in [0.717, 1.165) is 19.3 Å². The Hall–Kier alpha value is -2.44. The van der Waals surface area contributed by atoms with Crippen LogP contribution in [0.5, 0.6) is 0 Å². The predicted molar refractivity (Wildman–Crippen MR) is 86.3 cm³/mol. The highest BCUT2D eigenvalue weighted by molar-refractivity contribution is 5.96. The topological polar surface area (TPSA) is 78.5 Å². The molecule has 1 heterocycles. The van der Waals surface area contributed by atoms with Crippen LogP contribution in [0.1, 0.15) is 49.4 Å². The molecule has 6 nitrogen and oxygen atoms in total. The van der Waals surface area contributed by atoms with Crippen molar-refractivity contribution >= 4 is 17.7 Å². The monoisotopic (exact) mass is 335 g/mol. The number of hydrazine groups is 1. The van der Waals surface area contributed by atoms with Gasteiger partial charge in [0.25, 0.3) is 11.8 Å². The fraction of sp³-hybridized carbons (Fsp3) is 0.471. The molecule has 2 N–H and O–H groups in total. The van der Waals surface area contributed by atoms with Crippen molar-refractivity contribution in [1.82, 2.24) is 15.8 Å². The first-order valence-corrected chi connectivity index (χ1v) is 8.18. The van der Waals surface area contributed by atoms with Crippen LogP contribution in [0.2, 0.25) is 0 Å². The van der Waals surface area contributed by atoms with E-state index >= 15 is 0 Å². The van der Waals surface area contributed by atoms with Crippen molar-refractivity contribution in [1.29, 1.82) is 0 Å². The SMILES string of the molecule is CCCC(=O)N1CCCCC1C(=O)NNC(=O)c1ccc(F)cc1. The number of rotatable bonds is 4. The maximum Gasteiger partial charge on any atom is 0.269 e. The number of carbonyl (C=O) groups is 3. The van der Waals surface area contributed by atoms with Crippen LogP contribution in [0.3, 0.4) is 0 Å². The minimum absolute atomic E-state index is 0.0396. The van der Waals surface area contributed by atoms with Crippen molar-refractivity contribution in [2.75, 3.05) is 6.54 Å². The van der Waals surface area contributed by atoms with E-state index in [1.807, 2.05) is 6.92 Å². The molecule has 1 saturated heterocycles. The summed E-state index contributed by atoms with van der Waals surface area (Å²) in [6, 6.07) is 4.43. The van der Waals surface area contributed by atoms with Crippen LogP contribution in [0.4, 0.5) is 4.39 Å². The molecule has 1 atom stereocenters. The van der Waals surface area contributed by atoms with Crippen LogP contribution in [0, 0.1) is 5.82 Å². The molecule has 1 unspecified atom stereocenters. The summed E-state index contributed by atoms with van der Waals surface area (Å²) in [5.41, 5.74) is 4.91. The maximum atomic E-state index is 12.8. The lowest BCUT2D eigenvalue weighted by Crippen LogP contribution is -2.55. The number of nitrogens with one attached hydrogen (secondary N) is 2. The van der Waals surface area contributed by atoms with Crippen LogP contribution < -0.4 is 10.9 Å². The number of likely N-dealkylation sites (tertiary alicyclic amines) is 1. The van der Waals surface area contributed by atoms with Gasteiger partial charge in [-0.05, 0) is 49.9 Å². The Morgan fingerprint density at radius 2 is 1.88 bits per heavy atom. The lowest BCUT2D eigenvalue weighted by atomic mass is 10.0. The van der Waals surface area contributed by atoms with Gasteiger partial charge in [0.1, 0.15) is 11.9 Å². The van der Waals surface area contributed by atoms with Gasteiger partial charge in [-0.15, -0.1) is 0 Å². The first kappa shape index (κ1) is 17.9. The van der Waals surface area contributed by atoms with E-state index in [9.17, 15) is 18.8 Å². The third kappa shape index (κ3) is 4.53. The fourth-order valence-corrected chi connectivity index (χ4v) is 2.74. The number of nitrogens with zero attached hydrogens (tertiary/aromatic N) is 1. The molecule has 0 saturated carbocycles. The third-order valence-electron chi connectivity index (χ3n) is 4.00. The Balaban J connectivity index is 1.93. The van der Waals surface area contributed by atoms with Crippen molar-refractivity contribution in [3.8, 4) is 0 Å². The lowest BCUT2D eigenvalue weighted by Gasteiger charge is -2.34. The minimum Gasteiger partial charge on any atom is -0.331 e. The summed E-state index contributed by atoms with van der Waals surface area (Å²) in [6.45, 7) is 2.47. The van der Waals surface area contributed by atoms with Crippen LogP contribution in [-0.2, 0) is 9.59 Å². The standard InChI is InChI=1S/C17H22FN3O3/c1-2-5-15(22)21-11-4-3-6-14(21)17(24)20-19-16(23)12-7-9-13(18)10-8-12/h7-10,14H,2-6,11H2,1H3,(H,19,23)(H,20,24). The van der Waals surface area contributed by atoms with Crippen LogP contribution in [0.25, 0.3) is 0 Å². The van der Waals surface area contributed by atoms with E-state index in [4.69, 9.17) is 0 Å². The second-order valence-corrected chi connectivity index (χ2v) is 5.80. The Morgan fingerprint density at radius 1 is 1.17 bits per heavy atom. The summed E-state index contributed by atoms with van der Waals surface area (Å²) in [4.78, 5) is 38.0. The molecular weight excluding hydrogens is 313 g/mol. The van der Waals surface area contributed by atoms with Gasteiger partial charge in [-0.2, -0.15) is 0 Å². The number of amides is 3. The summed E-state index contributed by atoms with van der Waals surface area (Å²) < 4.78 is 12.8. The molecule has 0 bridgehead atoms. The fourth-order valence-electron chi connectivity index (χ4n) is 2.74. The molecule has 130 valence electrons. The predicted octanol–water partition coefficient (Wildman–Crippen LogP) is 1.77. The van der Waals surface area contributed by atoms with Gasteiger partial charge in [-0.3, -0.25) is 25.2 Å². The maximum absolute atomic E-state index is 12.8. The number of benzene rings is 1. The second kappa shape index (κ2) is 8.42. The lowest BCUT2D eigenvalue weighted by molar-refractivity contribution is -0.142. The normalized spacial score (nSPS) is 17.2. The molecule has 1 aromatic rings. The minimum atomic E-state index is -0.564. The van der Waals surface area contributed by atoms with Gasteiger partial charge in [-0.1, -0.05) is 6.92 Å². The zero-order valence-electron chi connectivity index (χ0n) is 13.7. The smallest absolute Gasteiger partial charge is 0.269 e. The number of hydrogen-bond acceptors (Lipinski definition) is 3. The first-order valence-electron chi connectivity index (χ1n) is 8.18. The highest BCUT2D eigenvalue weighted by Gasteiger charge is 2.31. The zero-order chi connectivity index (χ0) is 17.5. The average Bonchev–Trinajstić information content (AvgIpc) is 2.60. The zero-order valence-corrected chi connectivity index (χ0v) is 13.7. The average molecular weight is 335 g/mol. The largest absolute Gasteiger partial charge is 0.331 e. The molecule has 2 rings (SSSR count). The number of piperidine rings is 1. The first-order chi connectivity index (χ1) is 11.5. The van der Waals surface area contributed by atoms with Gasteiger partial charge >= 0.3 is 0 Å². The molecule has 7 heteroatoms. The van der Waals surface area contributed by atoms with E-state index in [1.54, 1.807) is 4.90 Å². The van der Waals surface area contributed by atoms with E-state index < -0.39 is 23.7 Å². The van der Waals surface area contributed by atoms with Crippen LogP contribution in [-0.4, -0.2) is 35.2 Å². The van der Waals surface area contributed by atoms with Gasteiger partial charge < -0.3 is 4.90 Å². The van der Waals surface area contributed by atoms with Gasteiger partial charge in [-0.25, -0.2) is 4.39 Å². The van der Waals surface area contributed by atoms with Crippen LogP contribution >= 0.6 is 0 Å². The highest BCUT2D eigenvalue weighted by Crippen LogP contribution is 2.18. The van der Waals surface area contributed by atoms with E-state index in [-0.39, 0.29) is 11.5 Å². The Bertz CT molecular complexity index is 604. The molecule has 1 aromatic carbocycles. The van der Waals surface area contributed by atoms with Crippen molar-refractivity contribution in [3.05, 3.63) is 35.6 Å². The summed E-state index contributed by atoms with van der Waals surface area (Å²) >= 11 is 0. The van der Waals surface area contributed by atoms with Gasteiger partial charge in [0.15, 0.2) is 0 Å².